The normalized spacial score (nSPS) is 11.9. The van der Waals surface area contributed by atoms with Crippen LogP contribution in [-0.2, 0) is 19.2 Å². The third-order valence-electron chi connectivity index (χ3n) is 8.65. The molecular formula is C41H68Na2O9. The van der Waals surface area contributed by atoms with E-state index in [2.05, 4.69) is 65.8 Å². The van der Waals surface area contributed by atoms with Gasteiger partial charge in [0.2, 0.25) is 0 Å². The zero-order valence-corrected chi connectivity index (χ0v) is 38.6. The van der Waals surface area contributed by atoms with Crippen LogP contribution in [0.3, 0.4) is 0 Å². The molecule has 2 aromatic carbocycles. The predicted molar refractivity (Wildman–Crippen MR) is 200 cm³/mol. The molecule has 5 N–H and O–H groups in total. The molecule has 0 bridgehead atoms. The molecule has 0 spiro atoms. The third kappa shape index (κ3) is 28.0. The Morgan fingerprint density at radius 2 is 0.827 bits per heavy atom. The van der Waals surface area contributed by atoms with Crippen LogP contribution in [0.25, 0.3) is 0 Å². The van der Waals surface area contributed by atoms with Crippen LogP contribution >= 0.6 is 0 Å². The van der Waals surface area contributed by atoms with Crippen molar-refractivity contribution in [1.29, 1.82) is 0 Å². The Balaban J connectivity index is -0.000000134. The molecule has 0 aromatic heterocycles. The Hall–Kier alpha value is -1.56. The second-order valence-electron chi connectivity index (χ2n) is 13.2. The number of Topliss-reactive ketones (excluding diaryl/α,β-unsaturated/α-hetero) is 1. The van der Waals surface area contributed by atoms with Crippen molar-refractivity contribution in [2.75, 3.05) is 0 Å². The van der Waals surface area contributed by atoms with E-state index < -0.39 is 23.8 Å². The maximum absolute atomic E-state index is 11.2. The molecule has 0 radical (unpaired) electrons. The second-order valence-corrected chi connectivity index (χ2v) is 13.2. The Bertz CT molecular complexity index is 1090. The van der Waals surface area contributed by atoms with Gasteiger partial charge in [0.1, 0.15) is 5.78 Å². The van der Waals surface area contributed by atoms with Crippen molar-refractivity contribution >= 4 is 23.7 Å². The maximum Gasteiger partial charge on any atom is 1.00 e. The fourth-order valence-corrected chi connectivity index (χ4v) is 4.59. The van der Waals surface area contributed by atoms with Crippen LogP contribution in [-0.4, -0.2) is 39.8 Å². The molecule has 52 heavy (non-hydrogen) atoms. The largest absolute Gasteiger partial charge is 1.00 e. The first-order valence-electron chi connectivity index (χ1n) is 17.8. The Morgan fingerprint density at radius 3 is 1.02 bits per heavy atom. The van der Waals surface area contributed by atoms with Gasteiger partial charge in [-0.05, 0) is 85.5 Å². The molecule has 0 amide bonds. The second kappa shape index (κ2) is 36.4. The minimum atomic E-state index is -0.893. The van der Waals surface area contributed by atoms with E-state index >= 15 is 0 Å². The molecule has 288 valence electrons. The van der Waals surface area contributed by atoms with E-state index in [1.54, 1.807) is 13.8 Å². The van der Waals surface area contributed by atoms with Crippen LogP contribution in [0.4, 0.5) is 0 Å². The smallest absolute Gasteiger partial charge is 0.550 e. The van der Waals surface area contributed by atoms with Gasteiger partial charge in [-0.15, -0.1) is 0 Å². The van der Waals surface area contributed by atoms with E-state index in [0.29, 0.717) is 24.7 Å². The molecule has 0 aliphatic rings. The molecule has 0 aliphatic carbocycles. The third-order valence-corrected chi connectivity index (χ3v) is 8.65. The molecule has 0 fully saturated rings. The number of hydrogen-bond donors (Lipinski definition) is 1. The Labute approximate surface area is 359 Å². The molecule has 4 unspecified atom stereocenters. The monoisotopic (exact) mass is 750 g/mol. The molecule has 9 nitrogen and oxygen atoms in total. The van der Waals surface area contributed by atoms with E-state index in [0.717, 1.165) is 49.7 Å². The summed E-state index contributed by atoms with van der Waals surface area (Å²) >= 11 is 0. The van der Waals surface area contributed by atoms with Crippen molar-refractivity contribution in [3.8, 4) is 0 Å². The van der Waals surface area contributed by atoms with Crippen molar-refractivity contribution in [2.45, 2.75) is 151 Å². The van der Waals surface area contributed by atoms with Crippen LogP contribution in [0.15, 0.2) is 48.5 Å². The minimum Gasteiger partial charge on any atom is -0.550 e. The first kappa shape index (κ1) is 62.4. The number of rotatable bonds is 16. The fourth-order valence-electron chi connectivity index (χ4n) is 4.59. The van der Waals surface area contributed by atoms with Gasteiger partial charge in [-0.25, -0.2) is 0 Å². The quantitative estimate of drug-likeness (QED) is 0.245. The topological polar surface area (TPSA) is 198 Å². The number of carboxylic acid groups (broad SMARTS) is 3. The summed E-state index contributed by atoms with van der Waals surface area (Å²) in [5, 5.41) is 29.5. The van der Waals surface area contributed by atoms with Crippen molar-refractivity contribution in [3.05, 3.63) is 70.8 Å². The fraction of sp³-hybridized carbons (Fsp3) is 0.610. The molecule has 11 heteroatoms. The Kier molecular flexibility index (Phi) is 43.7. The number of benzene rings is 2. The number of carbonyl (C=O) groups excluding carboxylic acids is 3. The van der Waals surface area contributed by atoms with Gasteiger partial charge in [-0.3, -0.25) is 9.59 Å². The van der Waals surface area contributed by atoms with Crippen LogP contribution < -0.4 is 69.3 Å². The van der Waals surface area contributed by atoms with E-state index in [1.165, 1.54) is 11.1 Å². The number of ketones is 1. The molecule has 2 rings (SSSR count). The summed E-state index contributed by atoms with van der Waals surface area (Å²) in [5.41, 5.74) is 4.54. The average molecular weight is 751 g/mol. The molecule has 2 aromatic rings. The van der Waals surface area contributed by atoms with Crippen LogP contribution in [0.2, 0.25) is 0 Å². The van der Waals surface area contributed by atoms with E-state index in [-0.39, 0.29) is 93.6 Å². The van der Waals surface area contributed by atoms with Crippen molar-refractivity contribution in [3.63, 3.8) is 0 Å². The molecule has 0 aliphatic heterocycles. The van der Waals surface area contributed by atoms with E-state index in [9.17, 15) is 29.4 Å². The van der Waals surface area contributed by atoms with Gasteiger partial charge in [0.15, 0.2) is 0 Å². The van der Waals surface area contributed by atoms with Gasteiger partial charge < -0.3 is 35.9 Å². The summed E-state index contributed by atoms with van der Waals surface area (Å²) in [6, 6.07) is 16.1. The van der Waals surface area contributed by atoms with Crippen molar-refractivity contribution < 1.29 is 105 Å². The minimum absolute atomic E-state index is 0. The summed E-state index contributed by atoms with van der Waals surface area (Å²) in [6.45, 7) is 21.8. The van der Waals surface area contributed by atoms with Gasteiger partial charge in [0.05, 0.1) is 5.92 Å². The van der Waals surface area contributed by atoms with Gasteiger partial charge in [-0.1, -0.05) is 137 Å². The summed E-state index contributed by atoms with van der Waals surface area (Å²) in [7, 11) is 0. The summed E-state index contributed by atoms with van der Waals surface area (Å²) in [5.74, 6) is -2.13. The van der Waals surface area contributed by atoms with Gasteiger partial charge in [0, 0.05) is 17.9 Å². The first-order valence-corrected chi connectivity index (χ1v) is 17.8. The molecule has 4 atom stereocenters. The molecular weight excluding hydrogens is 682 g/mol. The molecule has 0 saturated carbocycles. The van der Waals surface area contributed by atoms with E-state index in [1.807, 2.05) is 45.0 Å². The number of aliphatic carboxylic acids is 3. The van der Waals surface area contributed by atoms with Crippen LogP contribution in [0.5, 0.6) is 0 Å². The van der Waals surface area contributed by atoms with Crippen molar-refractivity contribution in [2.24, 2.45) is 11.8 Å². The summed E-state index contributed by atoms with van der Waals surface area (Å²) < 4.78 is 0. The van der Waals surface area contributed by atoms with E-state index in [4.69, 9.17) is 5.11 Å². The van der Waals surface area contributed by atoms with Crippen LogP contribution in [0.1, 0.15) is 173 Å². The summed E-state index contributed by atoms with van der Waals surface area (Å²) in [6.07, 6.45) is 7.04. The average Bonchev–Trinajstić information content (AvgIpc) is 3.05. The number of carboxylic acids is 3. The van der Waals surface area contributed by atoms with Crippen LogP contribution in [0, 0.1) is 11.8 Å². The zero-order chi connectivity index (χ0) is 37.4. The molecule has 0 saturated heterocycles. The summed E-state index contributed by atoms with van der Waals surface area (Å²) in [4.78, 5) is 42.5. The predicted octanol–water partition coefficient (Wildman–Crippen LogP) is 0.765. The first-order chi connectivity index (χ1) is 22.5. The van der Waals surface area contributed by atoms with Gasteiger partial charge in [-0.2, -0.15) is 0 Å². The van der Waals surface area contributed by atoms with Crippen molar-refractivity contribution in [1.82, 2.24) is 0 Å². The standard InChI is InChI=1S/C13H18O.C12H16O2.2C8H16O2.2Na.2H2O/c1-9(2)12-5-7-13(8-6-12)10(3)11(4)14;1-8(2)10-4-6-11(7-5-10)9(3)12(13)14;2*1-3-5-6-7(4-2)8(9)10;;;;/h5-10H,1-4H3;4-9H,1-3H3,(H,13,14);2*7H,3-6H2,1-2H3,(H,9,10);;;2*1H2/q;;;;2*+1;;/p-2. The number of carbonyl (C=O) groups is 4. The SMILES string of the molecule is CC(=O)C(C)c1ccc(C(C)C)cc1.CC(C)c1ccc(C(C)C(=O)O)cc1.CCCCC(CC)C(=O)[O-].CCCCC(CC)C(=O)[O-].O.O.[Na+].[Na+]. The number of unbranched alkanes of at least 4 members (excludes halogenated alkanes) is 2. The molecule has 0 heterocycles. The Morgan fingerprint density at radius 1 is 0.558 bits per heavy atom. The van der Waals surface area contributed by atoms with Gasteiger partial charge in [0.25, 0.3) is 0 Å². The number of hydrogen-bond acceptors (Lipinski definition) is 6. The zero-order valence-electron chi connectivity index (χ0n) is 34.6. The maximum atomic E-state index is 11.2. The van der Waals surface area contributed by atoms with Gasteiger partial charge >= 0.3 is 65.1 Å².